The first-order valence-corrected chi connectivity index (χ1v) is 13.2. The van der Waals surface area contributed by atoms with Gasteiger partial charge in [-0.05, 0) is 12.8 Å². The molecule has 0 bridgehead atoms. The van der Waals surface area contributed by atoms with Crippen molar-refractivity contribution in [3.05, 3.63) is 0 Å². The van der Waals surface area contributed by atoms with Crippen LogP contribution in [0.15, 0.2) is 0 Å². The van der Waals surface area contributed by atoms with E-state index in [4.69, 9.17) is 0 Å². The molecule has 0 spiro atoms. The second-order valence-corrected chi connectivity index (χ2v) is 9.27. The molecule has 0 aliphatic carbocycles. The van der Waals surface area contributed by atoms with Gasteiger partial charge < -0.3 is 0 Å². The van der Waals surface area contributed by atoms with Gasteiger partial charge in [-0.3, -0.25) is 4.79 Å². The van der Waals surface area contributed by atoms with E-state index < -0.39 is 0 Å². The Balaban J connectivity index is 3.11. The van der Waals surface area contributed by atoms with Crippen molar-refractivity contribution in [2.75, 3.05) is 0 Å². The van der Waals surface area contributed by atoms with Gasteiger partial charge >= 0.3 is 0 Å². The van der Waals surface area contributed by atoms with Crippen LogP contribution in [-0.2, 0) is 4.79 Å². The summed E-state index contributed by atoms with van der Waals surface area (Å²) in [7, 11) is 0. The van der Waals surface area contributed by atoms with Gasteiger partial charge in [-0.25, -0.2) is 0 Å². The summed E-state index contributed by atoms with van der Waals surface area (Å²) in [6.07, 6.45) is 29.7. The molecule has 0 heterocycles. The average molecular weight is 395 g/mol. The number of carbonyl (C=O) groups excluding carboxylic acids is 1. The lowest BCUT2D eigenvalue weighted by molar-refractivity contribution is -0.122. The Bertz CT molecular complexity index is 309. The first-order chi connectivity index (χ1) is 13.7. The van der Waals surface area contributed by atoms with Crippen LogP contribution < -0.4 is 0 Å². The smallest absolute Gasteiger partial charge is 0.135 e. The fourth-order valence-electron chi connectivity index (χ4n) is 4.22. The van der Waals surface area contributed by atoms with E-state index in [1.54, 1.807) is 0 Å². The van der Waals surface area contributed by atoms with Crippen LogP contribution in [0, 0.1) is 5.92 Å². The summed E-state index contributed by atoms with van der Waals surface area (Å²) in [5.74, 6) is 0.786. The lowest BCUT2D eigenvalue weighted by Gasteiger charge is -2.08. The summed E-state index contributed by atoms with van der Waals surface area (Å²) in [6.45, 7) is 6.56. The molecule has 0 radical (unpaired) electrons. The third kappa shape index (κ3) is 20.4. The van der Waals surface area contributed by atoms with Crippen LogP contribution in [0.25, 0.3) is 0 Å². The minimum atomic E-state index is 0.292. The monoisotopic (exact) mass is 394 g/mol. The molecule has 0 saturated heterocycles. The molecule has 0 saturated carbocycles. The molecule has 1 heteroatoms. The normalized spacial score (nSPS) is 12.4. The zero-order valence-corrected chi connectivity index (χ0v) is 20.0. The largest absolute Gasteiger partial charge is 0.299 e. The second-order valence-electron chi connectivity index (χ2n) is 9.27. The van der Waals surface area contributed by atoms with E-state index in [-0.39, 0.29) is 0 Å². The van der Waals surface area contributed by atoms with E-state index in [1.165, 1.54) is 116 Å². The van der Waals surface area contributed by atoms with E-state index in [0.29, 0.717) is 11.7 Å². The van der Waals surface area contributed by atoms with Crippen molar-refractivity contribution in [2.24, 2.45) is 5.92 Å². The molecule has 0 amide bonds. The summed E-state index contributed by atoms with van der Waals surface area (Å²) in [5, 5.41) is 0. The molecule has 0 aromatic carbocycles. The standard InChI is InChI=1S/C27H54O/c1-4-6-7-8-9-10-11-12-13-14-15-16-17-18-19-20-21-22-23-25-27(28)26(3)24-5-2/h26H,4-25H2,1-3H3. The second kappa shape index (κ2) is 23.0. The maximum Gasteiger partial charge on any atom is 0.135 e. The van der Waals surface area contributed by atoms with Crippen molar-refractivity contribution in [1.82, 2.24) is 0 Å². The van der Waals surface area contributed by atoms with E-state index in [9.17, 15) is 4.79 Å². The van der Waals surface area contributed by atoms with Crippen molar-refractivity contribution in [1.29, 1.82) is 0 Å². The first kappa shape index (κ1) is 27.7. The van der Waals surface area contributed by atoms with Crippen LogP contribution in [0.5, 0.6) is 0 Å². The zero-order chi connectivity index (χ0) is 20.7. The van der Waals surface area contributed by atoms with Crippen LogP contribution in [0.3, 0.4) is 0 Å². The molecular weight excluding hydrogens is 340 g/mol. The molecule has 0 aromatic rings. The highest BCUT2D eigenvalue weighted by Crippen LogP contribution is 2.16. The molecule has 1 atom stereocenters. The predicted octanol–water partition coefficient (Wildman–Crippen LogP) is 9.81. The predicted molar refractivity (Wildman–Crippen MR) is 127 cm³/mol. The van der Waals surface area contributed by atoms with Crippen molar-refractivity contribution in [3.8, 4) is 0 Å². The number of hydrogen-bond donors (Lipinski definition) is 0. The first-order valence-electron chi connectivity index (χ1n) is 13.2. The van der Waals surface area contributed by atoms with Crippen LogP contribution in [0.2, 0.25) is 0 Å². The summed E-state index contributed by atoms with van der Waals surface area (Å²) >= 11 is 0. The lowest BCUT2D eigenvalue weighted by Crippen LogP contribution is -2.10. The molecule has 0 aromatic heterocycles. The van der Waals surface area contributed by atoms with Gasteiger partial charge in [-0.15, -0.1) is 0 Å². The maximum atomic E-state index is 11.9. The lowest BCUT2D eigenvalue weighted by atomic mass is 9.96. The van der Waals surface area contributed by atoms with Crippen LogP contribution in [0.4, 0.5) is 0 Å². The summed E-state index contributed by atoms with van der Waals surface area (Å²) in [6, 6.07) is 0. The molecule has 1 unspecified atom stereocenters. The number of Topliss-reactive ketones (excluding diaryl/α,β-unsaturated/α-hetero) is 1. The number of hydrogen-bond acceptors (Lipinski definition) is 1. The fourth-order valence-corrected chi connectivity index (χ4v) is 4.22. The van der Waals surface area contributed by atoms with Crippen molar-refractivity contribution < 1.29 is 4.79 Å². The highest BCUT2D eigenvalue weighted by molar-refractivity contribution is 5.80. The quantitative estimate of drug-likeness (QED) is 0.158. The van der Waals surface area contributed by atoms with Gasteiger partial charge in [0.2, 0.25) is 0 Å². The molecule has 0 aliphatic heterocycles. The van der Waals surface area contributed by atoms with Crippen LogP contribution in [-0.4, -0.2) is 5.78 Å². The maximum absolute atomic E-state index is 11.9. The van der Waals surface area contributed by atoms with Crippen molar-refractivity contribution in [3.63, 3.8) is 0 Å². The van der Waals surface area contributed by atoms with E-state index in [2.05, 4.69) is 20.8 Å². The number of carbonyl (C=O) groups is 1. The molecule has 28 heavy (non-hydrogen) atoms. The third-order valence-electron chi connectivity index (χ3n) is 6.30. The molecule has 168 valence electrons. The Labute approximate surface area is 178 Å². The average Bonchev–Trinajstić information content (AvgIpc) is 2.69. The van der Waals surface area contributed by atoms with Crippen molar-refractivity contribution in [2.45, 2.75) is 162 Å². The number of unbranched alkanes of at least 4 members (excludes halogenated alkanes) is 18. The van der Waals surface area contributed by atoms with E-state index in [1.807, 2.05) is 0 Å². The highest BCUT2D eigenvalue weighted by Gasteiger charge is 2.10. The fraction of sp³-hybridized carbons (Fsp3) is 0.963. The van der Waals surface area contributed by atoms with Gasteiger partial charge in [0.1, 0.15) is 5.78 Å². The van der Waals surface area contributed by atoms with Gasteiger partial charge in [0.15, 0.2) is 0 Å². The van der Waals surface area contributed by atoms with Gasteiger partial charge in [0, 0.05) is 12.3 Å². The van der Waals surface area contributed by atoms with Crippen molar-refractivity contribution >= 4 is 5.78 Å². The molecule has 0 rings (SSSR count). The van der Waals surface area contributed by atoms with E-state index >= 15 is 0 Å². The third-order valence-corrected chi connectivity index (χ3v) is 6.30. The van der Waals surface area contributed by atoms with Crippen LogP contribution >= 0.6 is 0 Å². The summed E-state index contributed by atoms with van der Waals surface area (Å²) in [4.78, 5) is 11.9. The minimum Gasteiger partial charge on any atom is -0.299 e. The SMILES string of the molecule is CCCCCCCCCCCCCCCCCCCCCC(=O)C(C)CCC. The zero-order valence-electron chi connectivity index (χ0n) is 20.0. The van der Waals surface area contributed by atoms with Gasteiger partial charge in [0.25, 0.3) is 0 Å². The molecule has 0 aliphatic rings. The Morgan fingerprint density at radius 1 is 0.500 bits per heavy atom. The Morgan fingerprint density at radius 3 is 1.14 bits per heavy atom. The molecule has 0 N–H and O–H groups in total. The summed E-state index contributed by atoms with van der Waals surface area (Å²) < 4.78 is 0. The summed E-state index contributed by atoms with van der Waals surface area (Å²) in [5.41, 5.74) is 0. The Morgan fingerprint density at radius 2 is 0.821 bits per heavy atom. The Hall–Kier alpha value is -0.330. The van der Waals surface area contributed by atoms with Gasteiger partial charge in [-0.2, -0.15) is 0 Å². The topological polar surface area (TPSA) is 17.1 Å². The minimum absolute atomic E-state index is 0.292. The van der Waals surface area contributed by atoms with Crippen LogP contribution in [0.1, 0.15) is 162 Å². The van der Waals surface area contributed by atoms with Gasteiger partial charge in [-0.1, -0.05) is 143 Å². The number of rotatable bonds is 23. The molecule has 1 nitrogen and oxygen atoms in total. The Kier molecular flexibility index (Phi) is 22.7. The highest BCUT2D eigenvalue weighted by atomic mass is 16.1. The van der Waals surface area contributed by atoms with Gasteiger partial charge in [0.05, 0.1) is 0 Å². The van der Waals surface area contributed by atoms with E-state index in [0.717, 1.165) is 25.7 Å². The molecular formula is C27H54O. The number of ketones is 1. The molecule has 0 fully saturated rings.